The Morgan fingerprint density at radius 3 is 2.75 bits per heavy atom. The Balaban J connectivity index is 2.15. The van der Waals surface area contributed by atoms with Crippen molar-refractivity contribution < 1.29 is 4.74 Å². The van der Waals surface area contributed by atoms with Crippen LogP contribution < -0.4 is 15.0 Å². The van der Waals surface area contributed by atoms with Crippen LogP contribution in [0.15, 0.2) is 24.4 Å². The van der Waals surface area contributed by atoms with Crippen LogP contribution in [-0.2, 0) is 13.6 Å². The second-order valence-corrected chi connectivity index (χ2v) is 5.14. The predicted octanol–water partition coefficient (Wildman–Crippen LogP) is 2.76. The van der Waals surface area contributed by atoms with Crippen molar-refractivity contribution in [2.75, 3.05) is 31.4 Å². The van der Waals surface area contributed by atoms with Crippen molar-refractivity contribution in [2.24, 2.45) is 7.05 Å². The van der Waals surface area contributed by atoms with Crippen LogP contribution in [0.5, 0.6) is 5.75 Å². The van der Waals surface area contributed by atoms with Gasteiger partial charge in [-0.25, -0.2) is 4.98 Å². The van der Waals surface area contributed by atoms with Gasteiger partial charge in [0.15, 0.2) is 0 Å². The van der Waals surface area contributed by atoms with Crippen molar-refractivity contribution in [1.29, 1.82) is 0 Å². The molecule has 0 saturated heterocycles. The second kappa shape index (κ2) is 6.05. The third-order valence-electron chi connectivity index (χ3n) is 3.08. The Labute approximate surface area is 124 Å². The van der Waals surface area contributed by atoms with Gasteiger partial charge in [0.1, 0.15) is 5.75 Å². The molecule has 1 aromatic carbocycles. The van der Waals surface area contributed by atoms with E-state index >= 15 is 0 Å². The molecule has 0 unspecified atom stereocenters. The fourth-order valence-electron chi connectivity index (χ4n) is 2.02. The number of rotatable bonds is 5. The molecule has 1 aromatic heterocycles. The summed E-state index contributed by atoms with van der Waals surface area (Å²) in [6.07, 6.45) is 1.86. The number of halogens is 1. The van der Waals surface area contributed by atoms with Gasteiger partial charge in [-0.2, -0.15) is 0 Å². The summed E-state index contributed by atoms with van der Waals surface area (Å²) >= 11 is 6.01. The van der Waals surface area contributed by atoms with E-state index in [0.29, 0.717) is 11.6 Å². The highest BCUT2D eigenvalue weighted by Crippen LogP contribution is 2.28. The molecule has 0 aliphatic rings. The highest BCUT2D eigenvalue weighted by Gasteiger charge is 2.09. The summed E-state index contributed by atoms with van der Waals surface area (Å²) < 4.78 is 7.36. The number of nitrogens with zero attached hydrogens (tertiary/aromatic N) is 3. The predicted molar refractivity (Wildman–Crippen MR) is 82.9 cm³/mol. The molecule has 5 nitrogen and oxygen atoms in total. The first-order valence-corrected chi connectivity index (χ1v) is 6.66. The lowest BCUT2D eigenvalue weighted by Crippen LogP contribution is -2.15. The van der Waals surface area contributed by atoms with Gasteiger partial charge >= 0.3 is 0 Å². The molecular formula is C14H19ClN4O. The van der Waals surface area contributed by atoms with Crippen molar-refractivity contribution in [3.05, 3.63) is 35.1 Å². The Hall–Kier alpha value is -1.88. The minimum atomic E-state index is 0.647. The average molecular weight is 295 g/mol. The topological polar surface area (TPSA) is 42.3 Å². The van der Waals surface area contributed by atoms with Gasteiger partial charge in [0.25, 0.3) is 0 Å². The minimum absolute atomic E-state index is 0.647. The van der Waals surface area contributed by atoms with E-state index in [1.54, 1.807) is 13.2 Å². The zero-order chi connectivity index (χ0) is 14.7. The largest absolute Gasteiger partial charge is 0.495 e. The minimum Gasteiger partial charge on any atom is -0.495 e. The maximum Gasteiger partial charge on any atom is 0.204 e. The molecule has 0 atom stereocenters. The lowest BCUT2D eigenvalue weighted by atomic mass is 10.3. The zero-order valence-electron chi connectivity index (χ0n) is 12.1. The molecule has 2 rings (SSSR count). The molecule has 0 saturated carbocycles. The Morgan fingerprint density at radius 2 is 2.15 bits per heavy atom. The van der Waals surface area contributed by atoms with Gasteiger partial charge in [-0.3, -0.25) is 0 Å². The number of methoxy groups -OCH3 is 1. The quantitative estimate of drug-likeness (QED) is 0.921. The molecule has 0 aliphatic carbocycles. The van der Waals surface area contributed by atoms with E-state index in [2.05, 4.69) is 10.3 Å². The van der Waals surface area contributed by atoms with Gasteiger partial charge in [0, 0.05) is 26.2 Å². The maximum absolute atomic E-state index is 6.01. The van der Waals surface area contributed by atoms with Gasteiger partial charge < -0.3 is 19.5 Å². The molecule has 0 amide bonds. The number of anilines is 2. The van der Waals surface area contributed by atoms with Crippen molar-refractivity contribution in [1.82, 2.24) is 9.55 Å². The zero-order valence-corrected chi connectivity index (χ0v) is 12.9. The highest BCUT2D eigenvalue weighted by atomic mass is 35.5. The third-order valence-corrected chi connectivity index (χ3v) is 3.32. The van der Waals surface area contributed by atoms with Crippen LogP contribution >= 0.6 is 11.6 Å². The smallest absolute Gasteiger partial charge is 0.204 e. The SMILES string of the molecule is COc1ccc(Cl)cc1NCc1cnc(N(C)C)n1C. The normalized spacial score (nSPS) is 10.4. The number of hydrogen-bond acceptors (Lipinski definition) is 4. The number of hydrogen-bond donors (Lipinski definition) is 1. The van der Waals surface area contributed by atoms with Crippen LogP contribution in [0.25, 0.3) is 0 Å². The van der Waals surface area contributed by atoms with Crippen molar-refractivity contribution in [3.63, 3.8) is 0 Å². The summed E-state index contributed by atoms with van der Waals surface area (Å²) in [5.41, 5.74) is 1.95. The number of imidazole rings is 1. The second-order valence-electron chi connectivity index (χ2n) is 4.70. The number of nitrogens with one attached hydrogen (secondary N) is 1. The van der Waals surface area contributed by atoms with Crippen molar-refractivity contribution >= 4 is 23.2 Å². The molecular weight excluding hydrogens is 276 g/mol. The monoisotopic (exact) mass is 294 g/mol. The van der Waals surface area contributed by atoms with Gasteiger partial charge in [0.05, 0.1) is 31.2 Å². The third kappa shape index (κ3) is 2.99. The lowest BCUT2D eigenvalue weighted by Gasteiger charge is -2.14. The van der Waals surface area contributed by atoms with E-state index in [4.69, 9.17) is 16.3 Å². The van der Waals surface area contributed by atoms with Gasteiger partial charge in [-0.15, -0.1) is 0 Å². The number of ether oxygens (including phenoxy) is 1. The van der Waals surface area contributed by atoms with E-state index in [1.807, 2.05) is 48.9 Å². The first-order chi connectivity index (χ1) is 9.52. The maximum atomic E-state index is 6.01. The Morgan fingerprint density at radius 1 is 1.40 bits per heavy atom. The fraction of sp³-hybridized carbons (Fsp3) is 0.357. The number of aromatic nitrogens is 2. The summed E-state index contributed by atoms with van der Waals surface area (Å²) in [5.74, 6) is 1.68. The van der Waals surface area contributed by atoms with E-state index < -0.39 is 0 Å². The molecule has 0 spiro atoms. The molecule has 0 fully saturated rings. The summed E-state index contributed by atoms with van der Waals surface area (Å²) in [6, 6.07) is 5.50. The molecule has 20 heavy (non-hydrogen) atoms. The summed E-state index contributed by atoms with van der Waals surface area (Å²) in [5, 5.41) is 4.00. The van der Waals surface area contributed by atoms with Crippen LogP contribution in [0.1, 0.15) is 5.69 Å². The first-order valence-electron chi connectivity index (χ1n) is 6.28. The molecule has 0 aliphatic heterocycles. The van der Waals surface area contributed by atoms with Gasteiger partial charge in [0.2, 0.25) is 5.95 Å². The molecule has 0 bridgehead atoms. The first kappa shape index (κ1) is 14.5. The highest BCUT2D eigenvalue weighted by molar-refractivity contribution is 6.30. The fourth-order valence-corrected chi connectivity index (χ4v) is 2.19. The van der Waals surface area contributed by atoms with Gasteiger partial charge in [-0.1, -0.05) is 11.6 Å². The summed E-state index contributed by atoms with van der Waals surface area (Å²) in [6.45, 7) is 0.647. The van der Waals surface area contributed by atoms with Crippen molar-refractivity contribution in [2.45, 2.75) is 6.54 Å². The van der Waals surface area contributed by atoms with Crippen LogP contribution in [0.2, 0.25) is 5.02 Å². The lowest BCUT2D eigenvalue weighted by molar-refractivity contribution is 0.416. The molecule has 6 heteroatoms. The van der Waals surface area contributed by atoms with Crippen LogP contribution in [-0.4, -0.2) is 30.8 Å². The van der Waals surface area contributed by atoms with Crippen LogP contribution in [0.3, 0.4) is 0 Å². The summed E-state index contributed by atoms with van der Waals surface area (Å²) in [4.78, 5) is 6.35. The standard InChI is InChI=1S/C14H19ClN4O/c1-18(2)14-17-9-11(19(14)3)8-16-12-7-10(15)5-6-13(12)20-4/h5-7,9,16H,8H2,1-4H3. The average Bonchev–Trinajstić information content (AvgIpc) is 2.78. The van der Waals surface area contributed by atoms with E-state index in [0.717, 1.165) is 23.1 Å². The number of benzene rings is 1. The Kier molecular flexibility index (Phi) is 4.39. The summed E-state index contributed by atoms with van der Waals surface area (Å²) in [7, 11) is 7.58. The molecule has 108 valence electrons. The van der Waals surface area contributed by atoms with Crippen LogP contribution in [0.4, 0.5) is 11.6 Å². The molecule has 0 radical (unpaired) electrons. The molecule has 1 heterocycles. The van der Waals surface area contributed by atoms with E-state index in [9.17, 15) is 0 Å². The van der Waals surface area contributed by atoms with Crippen molar-refractivity contribution in [3.8, 4) is 5.75 Å². The van der Waals surface area contributed by atoms with E-state index in [-0.39, 0.29) is 0 Å². The van der Waals surface area contributed by atoms with Gasteiger partial charge in [-0.05, 0) is 18.2 Å². The Bertz CT molecular complexity index is 595. The molecule has 2 aromatic rings. The van der Waals surface area contributed by atoms with Crippen LogP contribution in [0, 0.1) is 0 Å². The molecule has 1 N–H and O–H groups in total. The van der Waals surface area contributed by atoms with E-state index in [1.165, 1.54) is 0 Å².